The number of rotatable bonds is 7. The lowest BCUT2D eigenvalue weighted by Crippen LogP contribution is -2.06. The molecule has 0 atom stereocenters. The van der Waals surface area contributed by atoms with E-state index in [4.69, 9.17) is 20.9 Å². The molecule has 0 saturated carbocycles. The first-order valence-corrected chi connectivity index (χ1v) is 9.38. The smallest absolute Gasteiger partial charge is 0.306 e. The fourth-order valence-corrected chi connectivity index (χ4v) is 2.83. The number of esters is 1. The average Bonchev–Trinajstić information content (AvgIpc) is 3.42. The highest BCUT2D eigenvalue weighted by Crippen LogP contribution is 2.19. The predicted octanol–water partition coefficient (Wildman–Crippen LogP) is 4.25. The molecule has 7 nitrogen and oxygen atoms in total. The SMILES string of the molecule is O=C(CCc1cnn(-c2ccccc2)c1)OCc1nc(-c2ccc(Cl)cc2)no1. The molecule has 2 heterocycles. The molecule has 0 spiro atoms. The summed E-state index contributed by atoms with van der Waals surface area (Å²) >= 11 is 5.87. The Morgan fingerprint density at radius 1 is 1.10 bits per heavy atom. The zero-order valence-corrected chi connectivity index (χ0v) is 16.1. The van der Waals surface area contributed by atoms with Gasteiger partial charge in [-0.05, 0) is 48.4 Å². The van der Waals surface area contributed by atoms with Crippen molar-refractivity contribution in [1.82, 2.24) is 19.9 Å². The fraction of sp³-hybridized carbons (Fsp3) is 0.143. The van der Waals surface area contributed by atoms with E-state index < -0.39 is 0 Å². The van der Waals surface area contributed by atoms with Crippen LogP contribution < -0.4 is 0 Å². The van der Waals surface area contributed by atoms with Gasteiger partial charge in [0.15, 0.2) is 6.61 Å². The van der Waals surface area contributed by atoms with Crippen LogP contribution in [-0.2, 0) is 22.6 Å². The van der Waals surface area contributed by atoms with E-state index in [0.29, 0.717) is 17.3 Å². The number of carbonyl (C=O) groups excluding carboxylic acids is 1. The van der Waals surface area contributed by atoms with Crippen molar-refractivity contribution >= 4 is 17.6 Å². The van der Waals surface area contributed by atoms with Crippen LogP contribution in [0, 0.1) is 0 Å². The maximum atomic E-state index is 12.0. The lowest BCUT2D eigenvalue weighted by atomic mass is 10.2. The quantitative estimate of drug-likeness (QED) is 0.425. The van der Waals surface area contributed by atoms with Gasteiger partial charge in [-0.1, -0.05) is 35.0 Å². The molecule has 0 N–H and O–H groups in total. The third-order valence-corrected chi connectivity index (χ3v) is 4.45. The molecule has 0 aliphatic rings. The maximum Gasteiger partial charge on any atom is 0.306 e. The van der Waals surface area contributed by atoms with Gasteiger partial charge in [-0.25, -0.2) is 4.68 Å². The molecule has 29 heavy (non-hydrogen) atoms. The Morgan fingerprint density at radius 3 is 2.69 bits per heavy atom. The lowest BCUT2D eigenvalue weighted by Gasteiger charge is -2.01. The fourth-order valence-electron chi connectivity index (χ4n) is 2.70. The Bertz CT molecular complexity index is 1090. The minimum absolute atomic E-state index is 0.0668. The number of carbonyl (C=O) groups is 1. The molecule has 146 valence electrons. The normalized spacial score (nSPS) is 10.8. The van der Waals surface area contributed by atoms with Gasteiger partial charge >= 0.3 is 5.97 Å². The molecule has 2 aromatic heterocycles. The van der Waals surface area contributed by atoms with Crippen LogP contribution in [0.4, 0.5) is 0 Å². The van der Waals surface area contributed by atoms with Crippen LogP contribution >= 0.6 is 11.6 Å². The topological polar surface area (TPSA) is 83.0 Å². The molecule has 0 aliphatic heterocycles. The molecule has 0 amide bonds. The van der Waals surface area contributed by atoms with E-state index in [1.807, 2.05) is 36.5 Å². The minimum atomic E-state index is -0.344. The summed E-state index contributed by atoms with van der Waals surface area (Å²) in [4.78, 5) is 16.3. The van der Waals surface area contributed by atoms with Crippen molar-refractivity contribution in [2.75, 3.05) is 0 Å². The van der Waals surface area contributed by atoms with E-state index in [2.05, 4.69) is 15.2 Å². The standard InChI is InChI=1S/C21H17ClN4O3/c22-17-9-7-16(8-10-17)21-24-19(29-25-21)14-28-20(27)11-6-15-12-23-26(13-15)18-4-2-1-3-5-18/h1-5,7-10,12-13H,6,11,14H2. The van der Waals surface area contributed by atoms with Crippen LogP contribution in [0.15, 0.2) is 71.5 Å². The highest BCUT2D eigenvalue weighted by atomic mass is 35.5. The van der Waals surface area contributed by atoms with Crippen molar-refractivity contribution < 1.29 is 14.1 Å². The first-order valence-electron chi connectivity index (χ1n) is 9.00. The lowest BCUT2D eigenvalue weighted by molar-refractivity contribution is -0.145. The van der Waals surface area contributed by atoms with Gasteiger partial charge < -0.3 is 9.26 Å². The zero-order valence-electron chi connectivity index (χ0n) is 15.4. The summed E-state index contributed by atoms with van der Waals surface area (Å²) in [7, 11) is 0. The van der Waals surface area contributed by atoms with E-state index in [1.165, 1.54) is 0 Å². The molecule has 0 fully saturated rings. The number of ether oxygens (including phenoxy) is 1. The minimum Gasteiger partial charge on any atom is -0.456 e. The number of benzene rings is 2. The number of nitrogens with zero attached hydrogens (tertiary/aromatic N) is 4. The highest BCUT2D eigenvalue weighted by molar-refractivity contribution is 6.30. The van der Waals surface area contributed by atoms with Gasteiger partial charge in [0.2, 0.25) is 5.82 Å². The van der Waals surface area contributed by atoms with E-state index in [0.717, 1.165) is 16.8 Å². The van der Waals surface area contributed by atoms with Gasteiger partial charge in [-0.15, -0.1) is 0 Å². The maximum absolute atomic E-state index is 12.0. The molecule has 0 radical (unpaired) electrons. The first kappa shape index (κ1) is 18.9. The van der Waals surface area contributed by atoms with E-state index >= 15 is 0 Å². The highest BCUT2D eigenvalue weighted by Gasteiger charge is 2.12. The third-order valence-electron chi connectivity index (χ3n) is 4.20. The van der Waals surface area contributed by atoms with Crippen LogP contribution in [0.25, 0.3) is 17.1 Å². The van der Waals surface area contributed by atoms with Gasteiger partial charge in [-0.2, -0.15) is 10.1 Å². The molecule has 8 heteroatoms. The third kappa shape index (κ3) is 4.89. The summed E-state index contributed by atoms with van der Waals surface area (Å²) in [5.41, 5.74) is 2.69. The molecule has 4 aromatic rings. The van der Waals surface area contributed by atoms with Gasteiger partial charge in [0.1, 0.15) is 0 Å². The van der Waals surface area contributed by atoms with Crippen molar-refractivity contribution in [3.8, 4) is 17.1 Å². The number of aryl methyl sites for hydroxylation is 1. The molecule has 0 aliphatic carbocycles. The Kier molecular flexibility index (Phi) is 5.67. The number of para-hydroxylation sites is 1. The molecule has 0 unspecified atom stereocenters. The van der Waals surface area contributed by atoms with Gasteiger partial charge in [0, 0.05) is 23.2 Å². The van der Waals surface area contributed by atoms with Crippen molar-refractivity contribution in [2.45, 2.75) is 19.4 Å². The Hall–Kier alpha value is -3.45. The van der Waals surface area contributed by atoms with Crippen LogP contribution in [0.2, 0.25) is 5.02 Å². The Morgan fingerprint density at radius 2 is 1.90 bits per heavy atom. The molecule has 4 rings (SSSR count). The zero-order chi connectivity index (χ0) is 20.1. The number of hydrogen-bond acceptors (Lipinski definition) is 6. The van der Waals surface area contributed by atoms with Gasteiger partial charge in [0.25, 0.3) is 5.89 Å². The molecular formula is C21H17ClN4O3. The monoisotopic (exact) mass is 408 g/mol. The second-order valence-corrected chi connectivity index (χ2v) is 6.74. The number of hydrogen-bond donors (Lipinski definition) is 0. The van der Waals surface area contributed by atoms with Crippen LogP contribution in [0.3, 0.4) is 0 Å². The van der Waals surface area contributed by atoms with E-state index in [9.17, 15) is 4.79 Å². The number of halogens is 1. The predicted molar refractivity (Wildman–Crippen MR) is 106 cm³/mol. The molecular weight excluding hydrogens is 392 g/mol. The largest absolute Gasteiger partial charge is 0.456 e. The summed E-state index contributed by atoms with van der Waals surface area (Å²) < 4.78 is 12.1. The average molecular weight is 409 g/mol. The summed E-state index contributed by atoms with van der Waals surface area (Å²) in [5.74, 6) is 0.310. The second kappa shape index (κ2) is 8.70. The molecule has 2 aromatic carbocycles. The summed E-state index contributed by atoms with van der Waals surface area (Å²) in [6.07, 6.45) is 4.42. The van der Waals surface area contributed by atoms with Gasteiger partial charge in [-0.3, -0.25) is 4.79 Å². The first-order chi connectivity index (χ1) is 14.2. The van der Waals surface area contributed by atoms with E-state index in [-0.39, 0.29) is 24.9 Å². The van der Waals surface area contributed by atoms with Crippen molar-refractivity contribution in [2.24, 2.45) is 0 Å². The van der Waals surface area contributed by atoms with Crippen LogP contribution in [0.5, 0.6) is 0 Å². The van der Waals surface area contributed by atoms with Crippen molar-refractivity contribution in [3.63, 3.8) is 0 Å². The number of aromatic nitrogens is 4. The van der Waals surface area contributed by atoms with Crippen LogP contribution in [0.1, 0.15) is 17.9 Å². The van der Waals surface area contributed by atoms with Crippen molar-refractivity contribution in [3.05, 3.63) is 83.5 Å². The molecule has 0 bridgehead atoms. The summed E-state index contributed by atoms with van der Waals surface area (Å²) in [6, 6.07) is 16.8. The van der Waals surface area contributed by atoms with Crippen molar-refractivity contribution in [1.29, 1.82) is 0 Å². The Balaban J connectivity index is 1.27. The van der Waals surface area contributed by atoms with Gasteiger partial charge in [0.05, 0.1) is 11.9 Å². The summed E-state index contributed by atoms with van der Waals surface area (Å²) in [6.45, 7) is -0.0668. The van der Waals surface area contributed by atoms with Crippen LogP contribution in [-0.4, -0.2) is 25.9 Å². The summed E-state index contributed by atoms with van der Waals surface area (Å²) in [5, 5.41) is 8.83. The van der Waals surface area contributed by atoms with E-state index in [1.54, 1.807) is 35.1 Å². The Labute approximate surface area is 171 Å². The second-order valence-electron chi connectivity index (χ2n) is 6.31. The molecule has 0 saturated heterocycles.